The van der Waals surface area contributed by atoms with Gasteiger partial charge in [-0.05, 0) is 32.3 Å². The van der Waals surface area contributed by atoms with Crippen LogP contribution in [0.1, 0.15) is 25.8 Å². The lowest BCUT2D eigenvalue weighted by Gasteiger charge is -2.39. The van der Waals surface area contributed by atoms with Gasteiger partial charge in [0, 0.05) is 25.7 Å². The second-order valence-corrected chi connectivity index (χ2v) is 10.2. The largest absolute Gasteiger partial charge is 0.365 e. The third kappa shape index (κ3) is 3.34. The minimum absolute atomic E-state index is 0.0426. The number of benzene rings is 1. The number of likely N-dealkylation sites (tertiary alicyclic amines) is 1. The van der Waals surface area contributed by atoms with E-state index < -0.39 is 20.9 Å². The normalized spacial score (nSPS) is 31.9. The molecule has 3 saturated heterocycles. The highest BCUT2D eigenvalue weighted by atomic mass is 32.2. The molecule has 8 heteroatoms. The first-order chi connectivity index (χ1) is 12.8. The van der Waals surface area contributed by atoms with Gasteiger partial charge < -0.3 is 15.0 Å². The standard InChI is InChI=1S/C19H27N3O4S/c1-14(2)20-18(23)21-11-16-10-17-19(12-21,26-16)13-22(27(17,24)25)9-8-15-6-4-3-5-7-15/h3-7,14,16-17H,8-13H2,1-2H3,(H,20,23)/t16-,17+,19+/m0/s1. The number of amides is 2. The molecule has 3 fully saturated rings. The third-order valence-electron chi connectivity index (χ3n) is 5.70. The van der Waals surface area contributed by atoms with E-state index >= 15 is 0 Å². The van der Waals surface area contributed by atoms with Crippen LogP contribution in [-0.4, -0.2) is 72.8 Å². The fourth-order valence-electron chi connectivity index (χ4n) is 4.54. The lowest BCUT2D eigenvalue weighted by atomic mass is 9.99. The molecule has 3 heterocycles. The van der Waals surface area contributed by atoms with Gasteiger partial charge in [-0.1, -0.05) is 30.3 Å². The first kappa shape index (κ1) is 18.7. The number of carbonyl (C=O) groups is 1. The fourth-order valence-corrected chi connectivity index (χ4v) is 6.85. The number of hydrogen-bond donors (Lipinski definition) is 1. The van der Waals surface area contributed by atoms with Gasteiger partial charge in [0.1, 0.15) is 10.9 Å². The van der Waals surface area contributed by atoms with Crippen LogP contribution >= 0.6 is 0 Å². The number of nitrogens with zero attached hydrogens (tertiary/aromatic N) is 2. The van der Waals surface area contributed by atoms with Crippen LogP contribution in [0.3, 0.4) is 0 Å². The van der Waals surface area contributed by atoms with Crippen LogP contribution in [0.4, 0.5) is 4.79 Å². The average molecular weight is 394 g/mol. The quantitative estimate of drug-likeness (QED) is 0.834. The van der Waals surface area contributed by atoms with Crippen molar-refractivity contribution >= 4 is 16.1 Å². The SMILES string of the molecule is CC(C)NC(=O)N1C[C@@H]2C[C@@H]3[C@@](C1)(CN(CCc1ccccc1)S3(=O)=O)O2. The summed E-state index contributed by atoms with van der Waals surface area (Å²) >= 11 is 0. The number of rotatable bonds is 4. The molecule has 4 rings (SSSR count). The van der Waals surface area contributed by atoms with Crippen molar-refractivity contribution in [2.24, 2.45) is 0 Å². The summed E-state index contributed by atoms with van der Waals surface area (Å²) in [6, 6.07) is 9.79. The van der Waals surface area contributed by atoms with Gasteiger partial charge in [0.15, 0.2) is 0 Å². The molecule has 7 nitrogen and oxygen atoms in total. The van der Waals surface area contributed by atoms with E-state index in [0.29, 0.717) is 39.0 Å². The third-order valence-corrected chi connectivity index (χ3v) is 8.08. The Balaban J connectivity index is 1.50. The van der Waals surface area contributed by atoms with Crippen molar-refractivity contribution in [2.45, 2.75) is 49.7 Å². The molecule has 3 aliphatic rings. The molecule has 1 spiro atoms. The van der Waals surface area contributed by atoms with E-state index in [1.165, 1.54) is 0 Å². The molecule has 1 aromatic carbocycles. The van der Waals surface area contributed by atoms with E-state index in [0.717, 1.165) is 5.56 Å². The Labute approximate surface area is 160 Å². The Morgan fingerprint density at radius 3 is 2.74 bits per heavy atom. The maximum atomic E-state index is 13.1. The molecule has 0 radical (unpaired) electrons. The number of nitrogens with one attached hydrogen (secondary N) is 1. The first-order valence-electron chi connectivity index (χ1n) is 9.56. The zero-order valence-electron chi connectivity index (χ0n) is 15.8. The summed E-state index contributed by atoms with van der Waals surface area (Å²) in [5.74, 6) is 0. The van der Waals surface area contributed by atoms with Crippen molar-refractivity contribution in [3.05, 3.63) is 35.9 Å². The Morgan fingerprint density at radius 2 is 2.04 bits per heavy atom. The first-order valence-corrected chi connectivity index (χ1v) is 11.1. The number of morpholine rings is 1. The van der Waals surface area contributed by atoms with Crippen molar-refractivity contribution in [1.29, 1.82) is 0 Å². The van der Waals surface area contributed by atoms with E-state index in [1.54, 1.807) is 9.21 Å². The minimum Gasteiger partial charge on any atom is -0.365 e. The highest BCUT2D eigenvalue weighted by Crippen LogP contribution is 2.46. The molecule has 3 aliphatic heterocycles. The summed E-state index contributed by atoms with van der Waals surface area (Å²) in [7, 11) is -3.42. The second kappa shape index (κ2) is 6.76. The van der Waals surface area contributed by atoms with Crippen molar-refractivity contribution < 1.29 is 17.9 Å². The molecule has 1 N–H and O–H groups in total. The van der Waals surface area contributed by atoms with E-state index in [4.69, 9.17) is 4.74 Å². The Bertz CT molecular complexity index is 814. The van der Waals surface area contributed by atoms with Crippen LogP contribution in [-0.2, 0) is 21.2 Å². The molecular weight excluding hydrogens is 366 g/mol. The molecule has 1 aromatic rings. The summed E-state index contributed by atoms with van der Waals surface area (Å²) < 4.78 is 34.0. The molecule has 2 bridgehead atoms. The highest BCUT2D eigenvalue weighted by Gasteiger charge is 2.65. The van der Waals surface area contributed by atoms with Crippen LogP contribution in [0.15, 0.2) is 30.3 Å². The monoisotopic (exact) mass is 393 g/mol. The Morgan fingerprint density at radius 1 is 1.30 bits per heavy atom. The number of sulfonamides is 1. The zero-order chi connectivity index (χ0) is 19.2. The Hall–Kier alpha value is -1.64. The van der Waals surface area contributed by atoms with Gasteiger partial charge in [-0.2, -0.15) is 4.31 Å². The summed E-state index contributed by atoms with van der Waals surface area (Å²) in [5.41, 5.74) is 0.315. The molecule has 2 amide bonds. The predicted molar refractivity (Wildman–Crippen MR) is 102 cm³/mol. The van der Waals surface area contributed by atoms with Crippen LogP contribution in [0, 0.1) is 0 Å². The second-order valence-electron chi connectivity index (χ2n) is 8.13. The summed E-state index contributed by atoms with van der Waals surface area (Å²) in [6.07, 6.45) is 0.937. The lowest BCUT2D eigenvalue weighted by molar-refractivity contribution is -0.0955. The van der Waals surface area contributed by atoms with E-state index in [-0.39, 0.29) is 18.2 Å². The molecule has 0 aromatic heterocycles. The highest BCUT2D eigenvalue weighted by molar-refractivity contribution is 7.90. The molecule has 148 valence electrons. The number of urea groups is 1. The number of hydrogen-bond acceptors (Lipinski definition) is 4. The number of ether oxygens (including phenoxy) is 1. The van der Waals surface area contributed by atoms with Crippen LogP contribution in [0.5, 0.6) is 0 Å². The maximum absolute atomic E-state index is 13.1. The van der Waals surface area contributed by atoms with Crippen molar-refractivity contribution in [3.8, 4) is 0 Å². The Kier molecular flexibility index (Phi) is 4.68. The zero-order valence-corrected chi connectivity index (χ0v) is 16.6. The molecule has 0 unspecified atom stereocenters. The van der Waals surface area contributed by atoms with Crippen LogP contribution < -0.4 is 5.32 Å². The molecular formula is C19H27N3O4S. The van der Waals surface area contributed by atoms with Gasteiger partial charge in [-0.25, -0.2) is 13.2 Å². The van der Waals surface area contributed by atoms with Crippen molar-refractivity contribution in [2.75, 3.05) is 26.2 Å². The van der Waals surface area contributed by atoms with E-state index in [9.17, 15) is 13.2 Å². The summed E-state index contributed by atoms with van der Waals surface area (Å²) in [6.45, 7) is 5.38. The predicted octanol–water partition coefficient (Wildman–Crippen LogP) is 1.20. The maximum Gasteiger partial charge on any atom is 0.317 e. The van der Waals surface area contributed by atoms with Crippen molar-refractivity contribution in [1.82, 2.24) is 14.5 Å². The topological polar surface area (TPSA) is 79.0 Å². The molecule has 0 saturated carbocycles. The van der Waals surface area contributed by atoms with Gasteiger partial charge >= 0.3 is 6.03 Å². The average Bonchev–Trinajstić information content (AvgIpc) is 2.99. The van der Waals surface area contributed by atoms with Crippen molar-refractivity contribution in [3.63, 3.8) is 0 Å². The minimum atomic E-state index is -3.42. The molecule has 3 atom stereocenters. The summed E-state index contributed by atoms with van der Waals surface area (Å²) in [4.78, 5) is 14.2. The van der Waals surface area contributed by atoms with Gasteiger partial charge in [0.2, 0.25) is 10.0 Å². The number of fused-ring (bicyclic) bond motifs is 1. The van der Waals surface area contributed by atoms with Gasteiger partial charge in [0.25, 0.3) is 0 Å². The fraction of sp³-hybridized carbons (Fsp3) is 0.632. The van der Waals surface area contributed by atoms with Crippen LogP contribution in [0.2, 0.25) is 0 Å². The van der Waals surface area contributed by atoms with Gasteiger partial charge in [-0.15, -0.1) is 0 Å². The van der Waals surface area contributed by atoms with Crippen LogP contribution in [0.25, 0.3) is 0 Å². The van der Waals surface area contributed by atoms with E-state index in [1.807, 2.05) is 44.2 Å². The van der Waals surface area contributed by atoms with Gasteiger partial charge in [-0.3, -0.25) is 0 Å². The summed E-state index contributed by atoms with van der Waals surface area (Å²) in [5, 5.41) is 2.35. The molecule has 0 aliphatic carbocycles. The van der Waals surface area contributed by atoms with Gasteiger partial charge in [0.05, 0.1) is 12.6 Å². The number of carbonyl (C=O) groups excluding carboxylic acids is 1. The van der Waals surface area contributed by atoms with E-state index in [2.05, 4.69) is 5.32 Å². The molecule has 27 heavy (non-hydrogen) atoms. The lowest BCUT2D eigenvalue weighted by Crippen LogP contribution is -2.58. The smallest absolute Gasteiger partial charge is 0.317 e.